The van der Waals surface area contributed by atoms with Crippen LogP contribution in [0.25, 0.3) is 0 Å². The van der Waals surface area contributed by atoms with Crippen LogP contribution in [0.2, 0.25) is 5.02 Å². The Labute approximate surface area is 109 Å². The third kappa shape index (κ3) is 4.17. The van der Waals surface area contributed by atoms with Gasteiger partial charge in [-0.05, 0) is 32.0 Å². The fraction of sp³-hybridized carbons (Fsp3) is 0.615. The lowest BCUT2D eigenvalue weighted by Crippen LogP contribution is -2.25. The molecule has 4 heteroatoms. The quantitative estimate of drug-likeness (QED) is 0.812. The highest BCUT2D eigenvalue weighted by atomic mass is 35.5. The molecule has 1 heterocycles. The van der Waals surface area contributed by atoms with E-state index in [1.165, 1.54) is 12.8 Å². The Hall–Kier alpha value is -0.800. The second kappa shape index (κ2) is 7.51. The van der Waals surface area contributed by atoms with E-state index in [4.69, 9.17) is 11.6 Å². The minimum absolute atomic E-state index is 0.746. The standard InChI is InChI=1S/C13H22ClN3/c1-4-6-7-17(5-2)13-12(14)8-11(9-15-3)10-16-13/h8,10,15H,4-7,9H2,1-3H3. The molecule has 0 bridgehead atoms. The summed E-state index contributed by atoms with van der Waals surface area (Å²) >= 11 is 6.29. The fourth-order valence-corrected chi connectivity index (χ4v) is 2.08. The average Bonchev–Trinajstić information content (AvgIpc) is 2.32. The molecular weight excluding hydrogens is 234 g/mol. The van der Waals surface area contributed by atoms with Crippen LogP contribution in [0.3, 0.4) is 0 Å². The van der Waals surface area contributed by atoms with E-state index in [-0.39, 0.29) is 0 Å². The molecule has 0 radical (unpaired) electrons. The van der Waals surface area contributed by atoms with Crippen molar-refractivity contribution in [1.82, 2.24) is 10.3 Å². The molecule has 96 valence electrons. The van der Waals surface area contributed by atoms with Crippen LogP contribution in [0.1, 0.15) is 32.3 Å². The Balaban J connectivity index is 2.81. The molecule has 0 aliphatic rings. The minimum Gasteiger partial charge on any atom is -0.356 e. The number of hydrogen-bond donors (Lipinski definition) is 1. The van der Waals surface area contributed by atoms with E-state index in [1.807, 2.05) is 19.3 Å². The van der Waals surface area contributed by atoms with E-state index < -0.39 is 0 Å². The number of pyridine rings is 1. The Kier molecular flexibility index (Phi) is 6.30. The summed E-state index contributed by atoms with van der Waals surface area (Å²) in [7, 11) is 1.92. The summed E-state index contributed by atoms with van der Waals surface area (Å²) in [6.07, 6.45) is 4.25. The van der Waals surface area contributed by atoms with Gasteiger partial charge >= 0.3 is 0 Å². The van der Waals surface area contributed by atoms with Crippen molar-refractivity contribution in [3.8, 4) is 0 Å². The number of halogens is 1. The largest absolute Gasteiger partial charge is 0.356 e. The molecule has 0 aliphatic carbocycles. The highest BCUT2D eigenvalue weighted by Crippen LogP contribution is 2.24. The second-order valence-corrected chi connectivity index (χ2v) is 4.52. The zero-order valence-corrected chi connectivity index (χ0v) is 11.7. The summed E-state index contributed by atoms with van der Waals surface area (Å²) in [6, 6.07) is 2.00. The van der Waals surface area contributed by atoms with E-state index in [0.29, 0.717) is 0 Å². The Morgan fingerprint density at radius 1 is 1.41 bits per heavy atom. The molecule has 1 aromatic rings. The molecule has 0 unspecified atom stereocenters. The summed E-state index contributed by atoms with van der Waals surface area (Å²) < 4.78 is 0. The zero-order valence-electron chi connectivity index (χ0n) is 11.0. The molecular formula is C13H22ClN3. The first-order chi connectivity index (χ1) is 8.22. The smallest absolute Gasteiger partial charge is 0.147 e. The van der Waals surface area contributed by atoms with E-state index in [9.17, 15) is 0 Å². The number of rotatable bonds is 7. The van der Waals surface area contributed by atoms with Gasteiger partial charge in [0.2, 0.25) is 0 Å². The maximum Gasteiger partial charge on any atom is 0.147 e. The SMILES string of the molecule is CCCCN(CC)c1ncc(CNC)cc1Cl. The first-order valence-electron chi connectivity index (χ1n) is 6.26. The third-order valence-electron chi connectivity index (χ3n) is 2.72. The average molecular weight is 256 g/mol. The molecule has 0 saturated carbocycles. The van der Waals surface area contributed by atoms with Crippen LogP contribution in [0.15, 0.2) is 12.3 Å². The lowest BCUT2D eigenvalue weighted by atomic mass is 10.2. The number of nitrogens with one attached hydrogen (secondary N) is 1. The molecule has 1 rings (SSSR count). The normalized spacial score (nSPS) is 10.6. The Morgan fingerprint density at radius 2 is 2.18 bits per heavy atom. The Morgan fingerprint density at radius 3 is 2.71 bits per heavy atom. The van der Waals surface area contributed by atoms with Crippen LogP contribution in [0.4, 0.5) is 5.82 Å². The molecule has 1 aromatic heterocycles. The van der Waals surface area contributed by atoms with Gasteiger partial charge in [0.25, 0.3) is 0 Å². The first-order valence-corrected chi connectivity index (χ1v) is 6.64. The maximum atomic E-state index is 6.29. The molecule has 0 saturated heterocycles. The monoisotopic (exact) mass is 255 g/mol. The summed E-state index contributed by atoms with van der Waals surface area (Å²) in [5, 5.41) is 3.84. The van der Waals surface area contributed by atoms with Crippen LogP contribution in [-0.2, 0) is 6.54 Å². The van der Waals surface area contributed by atoms with Gasteiger partial charge in [0.1, 0.15) is 5.82 Å². The van der Waals surface area contributed by atoms with Crippen molar-refractivity contribution in [2.24, 2.45) is 0 Å². The third-order valence-corrected chi connectivity index (χ3v) is 3.00. The van der Waals surface area contributed by atoms with Gasteiger partial charge < -0.3 is 10.2 Å². The van der Waals surface area contributed by atoms with Crippen LogP contribution < -0.4 is 10.2 Å². The maximum absolute atomic E-state index is 6.29. The number of anilines is 1. The van der Waals surface area contributed by atoms with Gasteiger partial charge in [0.15, 0.2) is 0 Å². The van der Waals surface area contributed by atoms with Crippen LogP contribution in [-0.4, -0.2) is 25.1 Å². The fourth-order valence-electron chi connectivity index (χ4n) is 1.77. The first kappa shape index (κ1) is 14.3. The van der Waals surface area contributed by atoms with E-state index in [1.54, 1.807) is 0 Å². The van der Waals surface area contributed by atoms with Crippen LogP contribution >= 0.6 is 11.6 Å². The molecule has 17 heavy (non-hydrogen) atoms. The van der Waals surface area contributed by atoms with Crippen molar-refractivity contribution in [2.75, 3.05) is 25.0 Å². The molecule has 0 spiro atoms. The van der Waals surface area contributed by atoms with Gasteiger partial charge in [0.05, 0.1) is 5.02 Å². The van der Waals surface area contributed by atoms with Crippen molar-refractivity contribution in [3.63, 3.8) is 0 Å². The predicted molar refractivity (Wildman–Crippen MR) is 74.8 cm³/mol. The summed E-state index contributed by atoms with van der Waals surface area (Å²) in [6.45, 7) is 7.09. The van der Waals surface area contributed by atoms with Gasteiger partial charge in [-0.2, -0.15) is 0 Å². The summed E-state index contributed by atoms with van der Waals surface area (Å²) in [5.41, 5.74) is 1.12. The molecule has 1 N–H and O–H groups in total. The number of unbranched alkanes of at least 4 members (excludes halogenated alkanes) is 1. The molecule has 0 aromatic carbocycles. The van der Waals surface area contributed by atoms with Crippen molar-refractivity contribution in [3.05, 3.63) is 22.8 Å². The lowest BCUT2D eigenvalue weighted by Gasteiger charge is -2.23. The number of nitrogens with zero attached hydrogens (tertiary/aromatic N) is 2. The van der Waals surface area contributed by atoms with Crippen molar-refractivity contribution < 1.29 is 0 Å². The summed E-state index contributed by atoms with van der Waals surface area (Å²) in [5.74, 6) is 0.905. The minimum atomic E-state index is 0.746. The zero-order chi connectivity index (χ0) is 12.7. The van der Waals surface area contributed by atoms with Crippen LogP contribution in [0.5, 0.6) is 0 Å². The predicted octanol–water partition coefficient (Wildman–Crippen LogP) is 3.08. The molecule has 0 atom stereocenters. The van der Waals surface area contributed by atoms with Crippen molar-refractivity contribution in [1.29, 1.82) is 0 Å². The van der Waals surface area contributed by atoms with Gasteiger partial charge in [-0.25, -0.2) is 4.98 Å². The van der Waals surface area contributed by atoms with Gasteiger partial charge in [-0.1, -0.05) is 24.9 Å². The second-order valence-electron chi connectivity index (χ2n) is 4.11. The van der Waals surface area contributed by atoms with Crippen molar-refractivity contribution in [2.45, 2.75) is 33.2 Å². The molecule has 0 amide bonds. The highest BCUT2D eigenvalue weighted by molar-refractivity contribution is 6.33. The molecule has 0 fully saturated rings. The van der Waals surface area contributed by atoms with Gasteiger partial charge in [-0.3, -0.25) is 0 Å². The van der Waals surface area contributed by atoms with E-state index in [0.717, 1.165) is 36.0 Å². The highest BCUT2D eigenvalue weighted by Gasteiger charge is 2.10. The van der Waals surface area contributed by atoms with Crippen LogP contribution in [0, 0.1) is 0 Å². The van der Waals surface area contributed by atoms with E-state index >= 15 is 0 Å². The Bertz CT molecular complexity index is 341. The van der Waals surface area contributed by atoms with E-state index in [2.05, 4.69) is 29.0 Å². The topological polar surface area (TPSA) is 28.2 Å². The number of aromatic nitrogens is 1. The van der Waals surface area contributed by atoms with Gasteiger partial charge in [0, 0.05) is 25.8 Å². The molecule has 3 nitrogen and oxygen atoms in total. The number of hydrogen-bond acceptors (Lipinski definition) is 3. The summed E-state index contributed by atoms with van der Waals surface area (Å²) in [4.78, 5) is 6.71. The van der Waals surface area contributed by atoms with Gasteiger partial charge in [-0.15, -0.1) is 0 Å². The lowest BCUT2D eigenvalue weighted by molar-refractivity contribution is 0.723. The van der Waals surface area contributed by atoms with Crippen molar-refractivity contribution >= 4 is 17.4 Å². The molecule has 0 aliphatic heterocycles.